The first-order valence-electron chi connectivity index (χ1n) is 14.2. The molecule has 0 aliphatic carbocycles. The quantitative estimate of drug-likeness (QED) is 0.207. The van der Waals surface area contributed by atoms with Crippen molar-refractivity contribution in [1.82, 2.24) is 35.1 Å². The summed E-state index contributed by atoms with van der Waals surface area (Å²) >= 11 is 0. The van der Waals surface area contributed by atoms with Gasteiger partial charge in [0.15, 0.2) is 17.4 Å². The Labute approximate surface area is 252 Å². The molecule has 0 saturated carbocycles. The molecule has 2 N–H and O–H groups in total. The second-order valence-electron chi connectivity index (χ2n) is 10.5. The first-order chi connectivity index (χ1) is 21.3. The Morgan fingerprint density at radius 1 is 0.977 bits per heavy atom. The standard InChI is InChI=1S/C32H33F2N7O3/c1-20-10-7-14-25(33)24(20)18-40-21(2)29(23-13-8-15-27(44-3)30(23)34)31(42)41(32(40)43)19-26(22-11-5-4-6-12-22)35-17-9-16-28-36-38-39-37-28/h4-8,10-15,26,35H,9,16-19H2,1-3H3,(H,36,37,38,39)/t26-/m0/s1. The van der Waals surface area contributed by atoms with Gasteiger partial charge in [-0.25, -0.2) is 13.6 Å². The second kappa shape index (κ2) is 13.6. The maximum absolute atomic E-state index is 15.6. The Morgan fingerprint density at radius 3 is 2.45 bits per heavy atom. The van der Waals surface area contributed by atoms with Gasteiger partial charge in [-0.2, -0.15) is 5.21 Å². The Bertz CT molecular complexity index is 1830. The van der Waals surface area contributed by atoms with E-state index in [4.69, 9.17) is 4.74 Å². The molecular formula is C32H33F2N7O3. The van der Waals surface area contributed by atoms with Gasteiger partial charge in [-0.15, -0.1) is 10.2 Å². The second-order valence-corrected chi connectivity index (χ2v) is 10.5. The topological polar surface area (TPSA) is 120 Å². The minimum atomic E-state index is -0.728. The smallest absolute Gasteiger partial charge is 0.331 e. The Hall–Kier alpha value is -4.97. The average Bonchev–Trinajstić information content (AvgIpc) is 3.55. The normalized spacial score (nSPS) is 11.9. The zero-order chi connectivity index (χ0) is 31.2. The first-order valence-corrected chi connectivity index (χ1v) is 14.2. The van der Waals surface area contributed by atoms with Crippen LogP contribution in [0.5, 0.6) is 5.75 Å². The fourth-order valence-electron chi connectivity index (χ4n) is 5.31. The number of nitrogens with one attached hydrogen (secondary N) is 2. The highest BCUT2D eigenvalue weighted by atomic mass is 19.1. The number of benzene rings is 3. The number of halogens is 2. The molecule has 1 atom stereocenters. The Balaban J connectivity index is 1.62. The fraction of sp³-hybridized carbons (Fsp3) is 0.281. The van der Waals surface area contributed by atoms with Crippen LogP contribution in [0.2, 0.25) is 0 Å². The van der Waals surface area contributed by atoms with Gasteiger partial charge >= 0.3 is 5.69 Å². The third kappa shape index (κ3) is 6.35. The van der Waals surface area contributed by atoms with E-state index < -0.39 is 28.9 Å². The fourth-order valence-corrected chi connectivity index (χ4v) is 5.31. The maximum atomic E-state index is 15.6. The molecule has 3 aromatic carbocycles. The molecule has 10 nitrogen and oxygen atoms in total. The van der Waals surface area contributed by atoms with Gasteiger partial charge in [0.05, 0.1) is 31.8 Å². The summed E-state index contributed by atoms with van der Waals surface area (Å²) in [5.41, 5.74) is 0.725. The Morgan fingerprint density at radius 2 is 1.75 bits per heavy atom. The molecule has 0 amide bonds. The molecule has 0 unspecified atom stereocenters. The molecule has 0 fully saturated rings. The van der Waals surface area contributed by atoms with Gasteiger partial charge < -0.3 is 10.1 Å². The van der Waals surface area contributed by atoms with Crippen LogP contribution >= 0.6 is 0 Å². The number of aromatic amines is 1. The van der Waals surface area contributed by atoms with Crippen molar-refractivity contribution >= 4 is 0 Å². The first kappa shape index (κ1) is 30.5. The number of hydrogen-bond acceptors (Lipinski definition) is 7. The van der Waals surface area contributed by atoms with Crippen LogP contribution in [0.1, 0.15) is 40.7 Å². The summed E-state index contributed by atoms with van der Waals surface area (Å²) in [5, 5.41) is 17.4. The van der Waals surface area contributed by atoms with Crippen LogP contribution in [0, 0.1) is 25.5 Å². The van der Waals surface area contributed by atoms with Gasteiger partial charge in [0.25, 0.3) is 5.56 Å². The van der Waals surface area contributed by atoms with Crippen LogP contribution in [0.15, 0.2) is 76.3 Å². The number of methoxy groups -OCH3 is 1. The summed E-state index contributed by atoms with van der Waals surface area (Å²) < 4.78 is 38.2. The average molecular weight is 602 g/mol. The summed E-state index contributed by atoms with van der Waals surface area (Å²) in [4.78, 5) is 28.3. The van der Waals surface area contributed by atoms with E-state index in [0.717, 1.165) is 10.1 Å². The number of aryl methyl sites for hydroxylation is 2. The highest BCUT2D eigenvalue weighted by Crippen LogP contribution is 2.29. The van der Waals surface area contributed by atoms with Crippen molar-refractivity contribution < 1.29 is 13.5 Å². The zero-order valence-corrected chi connectivity index (χ0v) is 24.7. The monoisotopic (exact) mass is 601 g/mol. The number of rotatable bonds is 12. The van der Waals surface area contributed by atoms with Crippen molar-refractivity contribution in [2.24, 2.45) is 0 Å². The highest BCUT2D eigenvalue weighted by molar-refractivity contribution is 5.67. The lowest BCUT2D eigenvalue weighted by atomic mass is 10.0. The van der Waals surface area contributed by atoms with Gasteiger partial charge in [0.1, 0.15) is 5.82 Å². The van der Waals surface area contributed by atoms with Crippen LogP contribution in [0.25, 0.3) is 11.1 Å². The molecule has 0 aliphatic heterocycles. The largest absolute Gasteiger partial charge is 0.494 e. The number of hydrogen-bond donors (Lipinski definition) is 2. The lowest BCUT2D eigenvalue weighted by Crippen LogP contribution is -2.45. The molecular weight excluding hydrogens is 568 g/mol. The predicted molar refractivity (Wildman–Crippen MR) is 162 cm³/mol. The predicted octanol–water partition coefficient (Wildman–Crippen LogP) is 4.11. The van der Waals surface area contributed by atoms with Crippen molar-refractivity contribution in [2.45, 2.75) is 45.8 Å². The lowest BCUT2D eigenvalue weighted by Gasteiger charge is -2.23. The van der Waals surface area contributed by atoms with Crippen LogP contribution in [0.4, 0.5) is 8.78 Å². The van der Waals surface area contributed by atoms with Crippen LogP contribution in [-0.2, 0) is 19.5 Å². The van der Waals surface area contributed by atoms with Gasteiger partial charge in [-0.3, -0.25) is 13.9 Å². The van der Waals surface area contributed by atoms with Crippen LogP contribution < -0.4 is 21.3 Å². The van der Waals surface area contributed by atoms with Crippen molar-refractivity contribution in [2.75, 3.05) is 13.7 Å². The number of ether oxygens (including phenoxy) is 1. The van der Waals surface area contributed by atoms with E-state index in [9.17, 15) is 14.0 Å². The molecule has 2 heterocycles. The van der Waals surface area contributed by atoms with Crippen LogP contribution in [-0.4, -0.2) is 43.4 Å². The molecule has 0 radical (unpaired) electrons. The molecule has 2 aromatic heterocycles. The summed E-state index contributed by atoms with van der Waals surface area (Å²) in [6.07, 6.45) is 1.24. The van der Waals surface area contributed by atoms with E-state index in [1.54, 1.807) is 32.0 Å². The molecule has 5 aromatic rings. The molecule has 5 rings (SSSR count). The van der Waals surface area contributed by atoms with Crippen molar-refractivity contribution in [3.63, 3.8) is 0 Å². The van der Waals surface area contributed by atoms with Crippen molar-refractivity contribution in [1.29, 1.82) is 0 Å². The SMILES string of the molecule is COc1cccc(-c2c(C)n(Cc3c(C)cccc3F)c(=O)n(C[C@H](NCCCc3nn[nH]n3)c3ccccc3)c2=O)c1F. The summed E-state index contributed by atoms with van der Waals surface area (Å²) in [7, 11) is 1.34. The van der Waals surface area contributed by atoms with E-state index in [-0.39, 0.29) is 35.7 Å². The highest BCUT2D eigenvalue weighted by Gasteiger charge is 2.25. The van der Waals surface area contributed by atoms with E-state index >= 15 is 4.39 Å². The molecule has 0 saturated heterocycles. The number of H-pyrrole nitrogens is 1. The third-order valence-corrected chi connectivity index (χ3v) is 7.73. The third-order valence-electron chi connectivity index (χ3n) is 7.73. The lowest BCUT2D eigenvalue weighted by molar-refractivity contribution is 0.387. The molecule has 0 aliphatic rings. The maximum Gasteiger partial charge on any atom is 0.331 e. The van der Waals surface area contributed by atoms with E-state index in [0.29, 0.717) is 36.3 Å². The van der Waals surface area contributed by atoms with Crippen molar-refractivity contribution in [3.05, 3.63) is 127 Å². The minimum Gasteiger partial charge on any atom is -0.494 e. The minimum absolute atomic E-state index is 0.00101. The van der Waals surface area contributed by atoms with E-state index in [1.165, 1.54) is 29.9 Å². The summed E-state index contributed by atoms with van der Waals surface area (Å²) in [5.74, 6) is -0.670. The molecule has 44 heavy (non-hydrogen) atoms. The number of aromatic nitrogens is 6. The van der Waals surface area contributed by atoms with Crippen LogP contribution in [0.3, 0.4) is 0 Å². The van der Waals surface area contributed by atoms with Crippen molar-refractivity contribution in [3.8, 4) is 16.9 Å². The van der Waals surface area contributed by atoms with E-state index in [2.05, 4.69) is 25.9 Å². The molecule has 0 spiro atoms. The summed E-state index contributed by atoms with van der Waals surface area (Å²) in [6.45, 7) is 3.65. The molecule has 228 valence electrons. The van der Waals surface area contributed by atoms with Gasteiger partial charge in [-0.05, 0) is 50.1 Å². The molecule has 12 heteroatoms. The van der Waals surface area contributed by atoms with E-state index in [1.807, 2.05) is 30.3 Å². The number of nitrogens with zero attached hydrogens (tertiary/aromatic N) is 5. The van der Waals surface area contributed by atoms with Gasteiger partial charge in [-0.1, -0.05) is 59.8 Å². The molecule has 0 bridgehead atoms. The van der Waals surface area contributed by atoms with Gasteiger partial charge in [0, 0.05) is 23.2 Å². The number of tetrazole rings is 1. The zero-order valence-electron chi connectivity index (χ0n) is 24.7. The Kier molecular flexibility index (Phi) is 9.39. The summed E-state index contributed by atoms with van der Waals surface area (Å²) in [6, 6.07) is 18.1. The van der Waals surface area contributed by atoms with Gasteiger partial charge in [0.2, 0.25) is 0 Å².